The molecule has 0 spiro atoms. The lowest BCUT2D eigenvalue weighted by atomic mass is 10.0. The summed E-state index contributed by atoms with van der Waals surface area (Å²) in [6, 6.07) is 8.78. The van der Waals surface area contributed by atoms with Crippen molar-refractivity contribution in [2.75, 3.05) is 14.2 Å². The van der Waals surface area contributed by atoms with E-state index >= 15 is 0 Å². The van der Waals surface area contributed by atoms with Crippen LogP contribution in [0.15, 0.2) is 36.9 Å². The molecule has 0 aromatic heterocycles. The van der Waals surface area contributed by atoms with Crippen LogP contribution in [0.4, 0.5) is 0 Å². The number of likely N-dealkylation sites (N-methyl/N-ethyl adjacent to an activating group) is 1. The molecule has 1 N–H and O–H groups in total. The van der Waals surface area contributed by atoms with Crippen molar-refractivity contribution in [3.8, 4) is 5.75 Å². The second-order valence-electron chi connectivity index (χ2n) is 3.90. The van der Waals surface area contributed by atoms with E-state index in [-0.39, 0.29) is 0 Å². The largest absolute Gasteiger partial charge is 0.497 e. The van der Waals surface area contributed by atoms with Crippen LogP contribution < -0.4 is 10.1 Å². The van der Waals surface area contributed by atoms with E-state index in [0.29, 0.717) is 6.04 Å². The second-order valence-corrected chi connectivity index (χ2v) is 3.90. The van der Waals surface area contributed by atoms with Crippen LogP contribution in [0.1, 0.15) is 18.4 Å². The van der Waals surface area contributed by atoms with Crippen molar-refractivity contribution in [3.05, 3.63) is 42.5 Å². The van der Waals surface area contributed by atoms with Gasteiger partial charge in [0.05, 0.1) is 7.11 Å². The van der Waals surface area contributed by atoms with Crippen molar-refractivity contribution in [3.63, 3.8) is 0 Å². The molecular formula is C14H21NO. The zero-order valence-corrected chi connectivity index (χ0v) is 10.2. The average Bonchev–Trinajstić information content (AvgIpc) is 2.35. The van der Waals surface area contributed by atoms with Crippen LogP contribution in [0.3, 0.4) is 0 Å². The summed E-state index contributed by atoms with van der Waals surface area (Å²) >= 11 is 0. The fourth-order valence-corrected chi connectivity index (χ4v) is 1.71. The van der Waals surface area contributed by atoms with Gasteiger partial charge in [-0.25, -0.2) is 0 Å². The van der Waals surface area contributed by atoms with Crippen molar-refractivity contribution in [1.82, 2.24) is 5.32 Å². The predicted octanol–water partition coefficient (Wildman–Crippen LogP) is 2.79. The Balaban J connectivity index is 2.52. The van der Waals surface area contributed by atoms with Crippen LogP contribution >= 0.6 is 0 Å². The van der Waals surface area contributed by atoms with Gasteiger partial charge in [0, 0.05) is 6.04 Å². The first kappa shape index (κ1) is 12.8. The van der Waals surface area contributed by atoms with Crippen molar-refractivity contribution in [2.24, 2.45) is 0 Å². The molecule has 2 nitrogen and oxygen atoms in total. The number of rotatable bonds is 7. The molecule has 0 saturated carbocycles. The Morgan fingerprint density at radius 2 is 2.06 bits per heavy atom. The molecule has 0 heterocycles. The van der Waals surface area contributed by atoms with Gasteiger partial charge in [0.15, 0.2) is 0 Å². The Kier molecular flexibility index (Phi) is 5.65. The molecule has 0 aliphatic heterocycles. The molecule has 0 amide bonds. The average molecular weight is 219 g/mol. The first-order valence-electron chi connectivity index (χ1n) is 5.71. The molecule has 1 atom stereocenters. The Morgan fingerprint density at radius 3 is 2.56 bits per heavy atom. The van der Waals surface area contributed by atoms with Gasteiger partial charge in [0.1, 0.15) is 5.75 Å². The fraction of sp³-hybridized carbons (Fsp3) is 0.429. The molecule has 88 valence electrons. The number of hydrogen-bond donors (Lipinski definition) is 1. The van der Waals surface area contributed by atoms with E-state index < -0.39 is 0 Å². The monoisotopic (exact) mass is 219 g/mol. The third kappa shape index (κ3) is 4.07. The van der Waals surface area contributed by atoms with Gasteiger partial charge in [-0.15, -0.1) is 6.58 Å². The van der Waals surface area contributed by atoms with Gasteiger partial charge in [-0.2, -0.15) is 0 Å². The van der Waals surface area contributed by atoms with Crippen molar-refractivity contribution in [1.29, 1.82) is 0 Å². The van der Waals surface area contributed by atoms with Gasteiger partial charge in [-0.1, -0.05) is 18.2 Å². The van der Waals surface area contributed by atoms with Crippen LogP contribution in [0.25, 0.3) is 0 Å². The van der Waals surface area contributed by atoms with Crippen molar-refractivity contribution in [2.45, 2.75) is 25.3 Å². The number of ether oxygens (including phenoxy) is 1. The highest BCUT2D eigenvalue weighted by molar-refractivity contribution is 5.27. The minimum Gasteiger partial charge on any atom is -0.497 e. The summed E-state index contributed by atoms with van der Waals surface area (Å²) in [5, 5.41) is 3.33. The maximum Gasteiger partial charge on any atom is 0.118 e. The molecule has 2 heteroatoms. The number of methoxy groups -OCH3 is 1. The number of hydrogen-bond acceptors (Lipinski definition) is 2. The summed E-state index contributed by atoms with van der Waals surface area (Å²) in [5.41, 5.74) is 1.34. The third-order valence-electron chi connectivity index (χ3n) is 2.77. The SMILES string of the molecule is C=CCCC(Cc1ccc(OC)cc1)NC. The summed E-state index contributed by atoms with van der Waals surface area (Å²) in [6.07, 6.45) is 5.21. The number of allylic oxidation sites excluding steroid dienone is 1. The normalized spacial score (nSPS) is 12.1. The summed E-state index contributed by atoms with van der Waals surface area (Å²) < 4.78 is 5.14. The topological polar surface area (TPSA) is 21.3 Å². The van der Waals surface area contributed by atoms with E-state index in [9.17, 15) is 0 Å². The molecule has 1 rings (SSSR count). The number of benzene rings is 1. The maximum absolute atomic E-state index is 5.14. The summed E-state index contributed by atoms with van der Waals surface area (Å²) in [4.78, 5) is 0. The fourth-order valence-electron chi connectivity index (χ4n) is 1.71. The van der Waals surface area contributed by atoms with E-state index in [4.69, 9.17) is 4.74 Å². The predicted molar refractivity (Wildman–Crippen MR) is 69.0 cm³/mol. The minimum absolute atomic E-state index is 0.520. The van der Waals surface area contributed by atoms with Gasteiger partial charge in [-0.3, -0.25) is 0 Å². The van der Waals surface area contributed by atoms with Gasteiger partial charge < -0.3 is 10.1 Å². The Labute approximate surface area is 98.3 Å². The van der Waals surface area contributed by atoms with Crippen molar-refractivity contribution >= 4 is 0 Å². The van der Waals surface area contributed by atoms with Gasteiger partial charge in [0.2, 0.25) is 0 Å². The van der Waals surface area contributed by atoms with Crippen molar-refractivity contribution < 1.29 is 4.74 Å². The zero-order chi connectivity index (χ0) is 11.8. The zero-order valence-electron chi connectivity index (χ0n) is 10.2. The molecule has 0 saturated heterocycles. The van der Waals surface area contributed by atoms with E-state index in [1.807, 2.05) is 25.3 Å². The van der Waals surface area contributed by atoms with E-state index in [0.717, 1.165) is 25.0 Å². The van der Waals surface area contributed by atoms with E-state index in [2.05, 4.69) is 24.0 Å². The molecule has 0 fully saturated rings. The summed E-state index contributed by atoms with van der Waals surface area (Å²) in [6.45, 7) is 3.75. The molecule has 16 heavy (non-hydrogen) atoms. The van der Waals surface area contributed by atoms with Crippen LogP contribution in [-0.4, -0.2) is 20.2 Å². The molecule has 1 unspecified atom stereocenters. The third-order valence-corrected chi connectivity index (χ3v) is 2.77. The molecular weight excluding hydrogens is 198 g/mol. The van der Waals surface area contributed by atoms with E-state index in [1.54, 1.807) is 7.11 Å². The molecule has 0 aliphatic rings. The quantitative estimate of drug-likeness (QED) is 0.712. The minimum atomic E-state index is 0.520. The molecule has 0 aliphatic carbocycles. The Morgan fingerprint density at radius 1 is 1.38 bits per heavy atom. The first-order chi connectivity index (χ1) is 7.80. The molecule has 0 bridgehead atoms. The second kappa shape index (κ2) is 7.07. The smallest absolute Gasteiger partial charge is 0.118 e. The number of nitrogens with one attached hydrogen (secondary N) is 1. The molecule has 0 radical (unpaired) electrons. The standard InChI is InChI=1S/C14H21NO/c1-4-5-6-13(15-2)11-12-7-9-14(16-3)10-8-12/h4,7-10,13,15H,1,5-6,11H2,2-3H3. The van der Waals surface area contributed by atoms with E-state index in [1.165, 1.54) is 5.56 Å². The van der Waals surface area contributed by atoms with Crippen LogP contribution in [0.2, 0.25) is 0 Å². The highest BCUT2D eigenvalue weighted by Gasteiger charge is 2.06. The molecule has 1 aromatic carbocycles. The Bertz CT molecular complexity index is 305. The highest BCUT2D eigenvalue weighted by Crippen LogP contribution is 2.14. The molecule has 1 aromatic rings. The lowest BCUT2D eigenvalue weighted by Crippen LogP contribution is -2.27. The lowest BCUT2D eigenvalue weighted by molar-refractivity contribution is 0.414. The Hall–Kier alpha value is -1.28. The van der Waals surface area contributed by atoms with Gasteiger partial charge >= 0.3 is 0 Å². The first-order valence-corrected chi connectivity index (χ1v) is 5.71. The van der Waals surface area contributed by atoms with Crippen LogP contribution in [0.5, 0.6) is 5.75 Å². The van der Waals surface area contributed by atoms with Gasteiger partial charge in [-0.05, 0) is 44.0 Å². The maximum atomic E-state index is 5.14. The highest BCUT2D eigenvalue weighted by atomic mass is 16.5. The lowest BCUT2D eigenvalue weighted by Gasteiger charge is -2.15. The summed E-state index contributed by atoms with van der Waals surface area (Å²) in [7, 11) is 3.70. The van der Waals surface area contributed by atoms with Crippen LogP contribution in [0, 0.1) is 0 Å². The summed E-state index contributed by atoms with van der Waals surface area (Å²) in [5.74, 6) is 0.913. The van der Waals surface area contributed by atoms with Crippen LogP contribution in [-0.2, 0) is 6.42 Å². The van der Waals surface area contributed by atoms with Gasteiger partial charge in [0.25, 0.3) is 0 Å².